The number of hydrogen-bond acceptors (Lipinski definition) is 3. The van der Waals surface area contributed by atoms with Gasteiger partial charge in [0, 0.05) is 11.6 Å². The molecule has 1 saturated carbocycles. The Labute approximate surface area is 122 Å². The van der Waals surface area contributed by atoms with E-state index in [4.69, 9.17) is 9.47 Å². The number of hydrogen-bond donors (Lipinski definition) is 1. The smallest absolute Gasteiger partial charge is 0.123 e. The number of methoxy groups -OCH3 is 2. The monoisotopic (exact) mass is 277 g/mol. The van der Waals surface area contributed by atoms with Crippen molar-refractivity contribution in [2.75, 3.05) is 20.8 Å². The summed E-state index contributed by atoms with van der Waals surface area (Å²) in [6, 6.07) is 6.25. The van der Waals surface area contributed by atoms with Crippen molar-refractivity contribution in [2.24, 2.45) is 5.92 Å². The second-order valence-electron chi connectivity index (χ2n) is 5.72. The van der Waals surface area contributed by atoms with E-state index in [1.807, 2.05) is 12.1 Å². The van der Waals surface area contributed by atoms with Gasteiger partial charge in [-0.3, -0.25) is 0 Å². The van der Waals surface area contributed by atoms with E-state index in [1.54, 1.807) is 14.2 Å². The lowest BCUT2D eigenvalue weighted by Crippen LogP contribution is -2.22. The molecule has 1 aliphatic rings. The summed E-state index contributed by atoms with van der Waals surface area (Å²) in [6.07, 6.45) is 6.96. The molecule has 2 rings (SSSR count). The van der Waals surface area contributed by atoms with Gasteiger partial charge in [-0.2, -0.15) is 0 Å². The Hall–Kier alpha value is -1.22. The number of rotatable bonds is 7. The zero-order valence-corrected chi connectivity index (χ0v) is 12.9. The van der Waals surface area contributed by atoms with Gasteiger partial charge in [0.15, 0.2) is 0 Å². The van der Waals surface area contributed by atoms with Crippen LogP contribution < -0.4 is 14.8 Å². The predicted molar refractivity (Wildman–Crippen MR) is 82.5 cm³/mol. The number of ether oxygens (including phenoxy) is 2. The Morgan fingerprint density at radius 2 is 1.95 bits per heavy atom. The molecule has 1 atom stereocenters. The Bertz CT molecular complexity index is 413. The van der Waals surface area contributed by atoms with Crippen molar-refractivity contribution in [3.63, 3.8) is 0 Å². The summed E-state index contributed by atoms with van der Waals surface area (Å²) in [5.74, 6) is 2.74. The summed E-state index contributed by atoms with van der Waals surface area (Å²) < 4.78 is 10.8. The van der Waals surface area contributed by atoms with Gasteiger partial charge in [-0.05, 0) is 44.0 Å². The molecule has 0 bridgehead atoms. The van der Waals surface area contributed by atoms with Crippen molar-refractivity contribution < 1.29 is 9.47 Å². The van der Waals surface area contributed by atoms with Crippen LogP contribution in [-0.4, -0.2) is 20.8 Å². The van der Waals surface area contributed by atoms with Gasteiger partial charge in [0.1, 0.15) is 11.5 Å². The minimum atomic E-state index is 0.279. The normalized spacial score (nSPS) is 17.1. The third kappa shape index (κ3) is 3.89. The van der Waals surface area contributed by atoms with E-state index in [0.29, 0.717) is 0 Å². The maximum Gasteiger partial charge on any atom is 0.123 e. The minimum Gasteiger partial charge on any atom is -0.497 e. The van der Waals surface area contributed by atoms with Crippen LogP contribution in [0.3, 0.4) is 0 Å². The van der Waals surface area contributed by atoms with Crippen molar-refractivity contribution >= 4 is 0 Å². The van der Waals surface area contributed by atoms with Gasteiger partial charge in [-0.25, -0.2) is 0 Å². The van der Waals surface area contributed by atoms with E-state index in [-0.39, 0.29) is 6.04 Å². The fourth-order valence-corrected chi connectivity index (χ4v) is 3.09. The maximum atomic E-state index is 5.45. The van der Waals surface area contributed by atoms with Crippen LogP contribution in [0.15, 0.2) is 18.2 Å². The fraction of sp³-hybridized carbons (Fsp3) is 0.647. The molecular weight excluding hydrogens is 250 g/mol. The first-order chi connectivity index (χ1) is 9.74. The molecule has 0 heterocycles. The van der Waals surface area contributed by atoms with Crippen molar-refractivity contribution in [2.45, 2.75) is 45.1 Å². The van der Waals surface area contributed by atoms with Crippen molar-refractivity contribution in [3.8, 4) is 11.5 Å². The van der Waals surface area contributed by atoms with Crippen LogP contribution in [0.5, 0.6) is 11.5 Å². The molecular formula is C17H27NO2. The Kier molecular flexibility index (Phi) is 5.72. The predicted octanol–water partition coefficient (Wildman–Crippen LogP) is 3.93. The lowest BCUT2D eigenvalue weighted by Gasteiger charge is -2.19. The molecule has 1 N–H and O–H groups in total. The zero-order chi connectivity index (χ0) is 14.4. The summed E-state index contributed by atoms with van der Waals surface area (Å²) in [5.41, 5.74) is 1.17. The SMILES string of the molecule is COc1ccc(OC)c(C(C)NCCC2CCCC2)c1. The number of nitrogens with one attached hydrogen (secondary N) is 1. The standard InChI is InChI=1S/C17H27NO2/c1-13(18-11-10-14-6-4-5-7-14)16-12-15(19-2)8-9-17(16)20-3/h8-9,12-14,18H,4-7,10-11H2,1-3H3. The van der Waals surface area contributed by atoms with E-state index in [9.17, 15) is 0 Å². The lowest BCUT2D eigenvalue weighted by atomic mass is 10.0. The van der Waals surface area contributed by atoms with Crippen molar-refractivity contribution in [1.82, 2.24) is 5.32 Å². The third-order valence-electron chi connectivity index (χ3n) is 4.38. The molecule has 1 aliphatic carbocycles. The fourth-order valence-electron chi connectivity index (χ4n) is 3.09. The second-order valence-corrected chi connectivity index (χ2v) is 5.72. The van der Waals surface area contributed by atoms with Crippen LogP contribution in [0.1, 0.15) is 50.6 Å². The van der Waals surface area contributed by atoms with Gasteiger partial charge in [0.2, 0.25) is 0 Å². The van der Waals surface area contributed by atoms with E-state index >= 15 is 0 Å². The van der Waals surface area contributed by atoms with Crippen molar-refractivity contribution in [1.29, 1.82) is 0 Å². The highest BCUT2D eigenvalue weighted by molar-refractivity contribution is 5.42. The number of benzene rings is 1. The maximum absolute atomic E-state index is 5.45. The van der Waals surface area contributed by atoms with Crippen LogP contribution in [0.4, 0.5) is 0 Å². The van der Waals surface area contributed by atoms with Gasteiger partial charge < -0.3 is 14.8 Å². The molecule has 0 aliphatic heterocycles. The summed E-state index contributed by atoms with van der Waals surface area (Å²) in [5, 5.41) is 3.62. The summed E-state index contributed by atoms with van der Waals surface area (Å²) in [6.45, 7) is 3.26. The highest BCUT2D eigenvalue weighted by Gasteiger charge is 2.16. The van der Waals surface area contributed by atoms with E-state index < -0.39 is 0 Å². The minimum absolute atomic E-state index is 0.279. The van der Waals surface area contributed by atoms with Gasteiger partial charge in [-0.15, -0.1) is 0 Å². The first-order valence-corrected chi connectivity index (χ1v) is 7.70. The summed E-state index contributed by atoms with van der Waals surface area (Å²) in [7, 11) is 3.42. The van der Waals surface area contributed by atoms with Crippen molar-refractivity contribution in [3.05, 3.63) is 23.8 Å². The van der Waals surface area contributed by atoms with Gasteiger partial charge in [0.25, 0.3) is 0 Å². The zero-order valence-electron chi connectivity index (χ0n) is 12.9. The summed E-state index contributed by atoms with van der Waals surface area (Å²) in [4.78, 5) is 0. The molecule has 0 aromatic heterocycles. The molecule has 1 unspecified atom stereocenters. The van der Waals surface area contributed by atoms with Gasteiger partial charge in [-0.1, -0.05) is 25.7 Å². The van der Waals surface area contributed by atoms with Crippen LogP contribution in [0.25, 0.3) is 0 Å². The quantitative estimate of drug-likeness (QED) is 0.819. The van der Waals surface area contributed by atoms with Gasteiger partial charge >= 0.3 is 0 Å². The van der Waals surface area contributed by atoms with Crippen LogP contribution in [-0.2, 0) is 0 Å². The largest absolute Gasteiger partial charge is 0.497 e. The van der Waals surface area contributed by atoms with Gasteiger partial charge in [0.05, 0.1) is 14.2 Å². The molecule has 0 radical (unpaired) electrons. The molecule has 112 valence electrons. The topological polar surface area (TPSA) is 30.5 Å². The van der Waals surface area contributed by atoms with E-state index in [0.717, 1.165) is 24.0 Å². The molecule has 1 fully saturated rings. The highest BCUT2D eigenvalue weighted by Crippen LogP contribution is 2.30. The third-order valence-corrected chi connectivity index (χ3v) is 4.38. The van der Waals surface area contributed by atoms with E-state index in [2.05, 4.69) is 18.3 Å². The van der Waals surface area contributed by atoms with Crippen LogP contribution in [0, 0.1) is 5.92 Å². The molecule has 0 amide bonds. The molecule has 0 saturated heterocycles. The molecule has 3 nitrogen and oxygen atoms in total. The Morgan fingerprint density at radius 1 is 1.20 bits per heavy atom. The average molecular weight is 277 g/mol. The highest BCUT2D eigenvalue weighted by atomic mass is 16.5. The first-order valence-electron chi connectivity index (χ1n) is 7.70. The Balaban J connectivity index is 1.91. The molecule has 1 aromatic carbocycles. The Morgan fingerprint density at radius 3 is 2.60 bits per heavy atom. The summed E-state index contributed by atoms with van der Waals surface area (Å²) >= 11 is 0. The molecule has 3 heteroatoms. The second kappa shape index (κ2) is 7.53. The molecule has 1 aromatic rings. The average Bonchev–Trinajstić information content (AvgIpc) is 2.99. The first kappa shape index (κ1) is 15.2. The molecule has 20 heavy (non-hydrogen) atoms. The molecule has 0 spiro atoms. The van der Waals surface area contributed by atoms with Crippen LogP contribution >= 0.6 is 0 Å². The lowest BCUT2D eigenvalue weighted by molar-refractivity contribution is 0.388. The van der Waals surface area contributed by atoms with Crippen LogP contribution in [0.2, 0.25) is 0 Å². The van der Waals surface area contributed by atoms with E-state index in [1.165, 1.54) is 37.7 Å².